The lowest BCUT2D eigenvalue weighted by atomic mass is 10.3. The highest BCUT2D eigenvalue weighted by molar-refractivity contribution is 5.20. The second-order valence-electron chi connectivity index (χ2n) is 5.44. The van der Waals surface area contributed by atoms with Crippen LogP contribution in [0.25, 0.3) is 0 Å². The molecule has 8 heteroatoms. The van der Waals surface area contributed by atoms with E-state index < -0.39 is 11.0 Å². The van der Waals surface area contributed by atoms with Gasteiger partial charge < -0.3 is 15.3 Å². The van der Waals surface area contributed by atoms with Crippen LogP contribution < -0.4 is 5.32 Å². The number of hydrogen-bond acceptors (Lipinski definition) is 6. The second-order valence-corrected chi connectivity index (χ2v) is 5.44. The Morgan fingerprint density at radius 1 is 1.48 bits per heavy atom. The van der Waals surface area contributed by atoms with Crippen LogP contribution in [-0.4, -0.2) is 63.5 Å². The Labute approximate surface area is 123 Å². The van der Waals surface area contributed by atoms with Crippen LogP contribution in [0.1, 0.15) is 19.3 Å². The molecule has 1 unspecified atom stereocenters. The number of likely N-dealkylation sites (tertiary alicyclic amines) is 1. The number of aromatic nitrogens is 2. The van der Waals surface area contributed by atoms with Crippen molar-refractivity contribution in [2.75, 3.05) is 32.7 Å². The molecule has 0 aromatic carbocycles. The smallest absolute Gasteiger partial charge is 0.306 e. The summed E-state index contributed by atoms with van der Waals surface area (Å²) in [4.78, 5) is 12.5. The van der Waals surface area contributed by atoms with Gasteiger partial charge in [0.2, 0.25) is 0 Å². The number of nitro groups is 1. The minimum atomic E-state index is -0.601. The van der Waals surface area contributed by atoms with E-state index in [2.05, 4.69) is 15.3 Å². The lowest BCUT2D eigenvalue weighted by Gasteiger charge is -2.15. The fourth-order valence-electron chi connectivity index (χ4n) is 2.53. The number of nitrogens with one attached hydrogen (secondary N) is 1. The highest BCUT2D eigenvalue weighted by Crippen LogP contribution is 2.08. The number of hydrogen-bond donors (Lipinski definition) is 2. The van der Waals surface area contributed by atoms with Crippen molar-refractivity contribution >= 4 is 5.69 Å². The van der Waals surface area contributed by atoms with Crippen LogP contribution in [0.4, 0.5) is 5.69 Å². The fourth-order valence-corrected chi connectivity index (χ4v) is 2.53. The monoisotopic (exact) mass is 297 g/mol. The molecule has 0 aliphatic carbocycles. The molecule has 2 heterocycles. The second kappa shape index (κ2) is 8.06. The summed E-state index contributed by atoms with van der Waals surface area (Å²) in [6.07, 6.45) is 5.60. The Kier molecular flexibility index (Phi) is 6.09. The third kappa shape index (κ3) is 5.41. The normalized spacial score (nSPS) is 17.2. The summed E-state index contributed by atoms with van der Waals surface area (Å²) >= 11 is 0. The lowest BCUT2D eigenvalue weighted by molar-refractivity contribution is -0.385. The minimum Gasteiger partial charge on any atom is -0.390 e. The van der Waals surface area contributed by atoms with Crippen molar-refractivity contribution in [3.05, 3.63) is 22.5 Å². The molecule has 1 atom stereocenters. The number of aliphatic hydroxyl groups is 1. The molecular formula is C13H23N5O3. The molecule has 1 aliphatic rings. The quantitative estimate of drug-likeness (QED) is 0.385. The van der Waals surface area contributed by atoms with Gasteiger partial charge in [-0.05, 0) is 45.4 Å². The molecule has 1 aliphatic heterocycles. The average molecular weight is 297 g/mol. The van der Waals surface area contributed by atoms with Gasteiger partial charge in [0.25, 0.3) is 0 Å². The van der Waals surface area contributed by atoms with Crippen LogP contribution in [0.2, 0.25) is 0 Å². The van der Waals surface area contributed by atoms with E-state index in [0.717, 1.165) is 19.5 Å². The molecule has 0 spiro atoms. The van der Waals surface area contributed by atoms with Crippen LogP contribution in [-0.2, 0) is 6.54 Å². The van der Waals surface area contributed by atoms with Crippen LogP contribution in [0, 0.1) is 10.1 Å². The van der Waals surface area contributed by atoms with Crippen LogP contribution >= 0.6 is 0 Å². The number of rotatable bonds is 9. The molecule has 2 rings (SSSR count). The molecule has 8 nitrogen and oxygen atoms in total. The van der Waals surface area contributed by atoms with E-state index in [1.807, 2.05) is 0 Å². The first-order valence-electron chi connectivity index (χ1n) is 7.43. The van der Waals surface area contributed by atoms with E-state index in [0.29, 0.717) is 6.54 Å². The van der Waals surface area contributed by atoms with Crippen molar-refractivity contribution in [2.24, 2.45) is 0 Å². The summed E-state index contributed by atoms with van der Waals surface area (Å²) in [6.45, 7) is 5.11. The molecule has 1 fully saturated rings. The molecule has 0 radical (unpaired) electrons. The molecule has 21 heavy (non-hydrogen) atoms. The van der Waals surface area contributed by atoms with E-state index in [9.17, 15) is 15.2 Å². The van der Waals surface area contributed by atoms with Crippen molar-refractivity contribution in [1.29, 1.82) is 0 Å². The Hall–Kier alpha value is -1.51. The van der Waals surface area contributed by atoms with Gasteiger partial charge in [-0.25, -0.2) is 0 Å². The summed E-state index contributed by atoms with van der Waals surface area (Å²) < 4.78 is 1.40. The Morgan fingerprint density at radius 2 is 2.24 bits per heavy atom. The SMILES string of the molecule is O=[N+]([O-])c1cnn(CC(O)CNCCCN2CCCC2)c1. The Bertz CT molecular complexity index is 445. The Balaban J connectivity index is 1.56. The summed E-state index contributed by atoms with van der Waals surface area (Å²) in [7, 11) is 0. The van der Waals surface area contributed by atoms with Gasteiger partial charge in [-0.1, -0.05) is 0 Å². The van der Waals surface area contributed by atoms with Gasteiger partial charge in [-0.3, -0.25) is 14.8 Å². The summed E-state index contributed by atoms with van der Waals surface area (Å²) in [6, 6.07) is 0. The molecule has 0 bridgehead atoms. The van der Waals surface area contributed by atoms with Gasteiger partial charge in [0.1, 0.15) is 12.4 Å². The maximum absolute atomic E-state index is 10.5. The minimum absolute atomic E-state index is 0.0548. The third-order valence-corrected chi connectivity index (χ3v) is 3.63. The molecule has 0 amide bonds. The number of aliphatic hydroxyl groups excluding tert-OH is 1. The molecular weight excluding hydrogens is 274 g/mol. The predicted molar refractivity (Wildman–Crippen MR) is 78.0 cm³/mol. The molecule has 118 valence electrons. The summed E-state index contributed by atoms with van der Waals surface area (Å²) in [5, 5.41) is 27.4. The first-order chi connectivity index (χ1) is 10.1. The molecule has 2 N–H and O–H groups in total. The van der Waals surface area contributed by atoms with Gasteiger partial charge in [-0.2, -0.15) is 5.10 Å². The van der Waals surface area contributed by atoms with E-state index in [4.69, 9.17) is 0 Å². The highest BCUT2D eigenvalue weighted by atomic mass is 16.6. The van der Waals surface area contributed by atoms with Crippen molar-refractivity contribution in [1.82, 2.24) is 20.0 Å². The standard InChI is InChI=1S/C13H23N5O3/c19-13(11-17-10-12(8-15-17)18(20)21)9-14-4-3-7-16-5-1-2-6-16/h8,10,13-14,19H,1-7,9,11H2. The lowest BCUT2D eigenvalue weighted by Crippen LogP contribution is -2.32. The molecule has 1 aromatic rings. The third-order valence-electron chi connectivity index (χ3n) is 3.63. The van der Waals surface area contributed by atoms with Crippen molar-refractivity contribution < 1.29 is 10.0 Å². The van der Waals surface area contributed by atoms with E-state index in [1.54, 1.807) is 0 Å². The Morgan fingerprint density at radius 3 is 2.90 bits per heavy atom. The zero-order valence-corrected chi connectivity index (χ0v) is 12.1. The molecule has 1 aromatic heterocycles. The average Bonchev–Trinajstić information content (AvgIpc) is 3.09. The van der Waals surface area contributed by atoms with Crippen LogP contribution in [0.5, 0.6) is 0 Å². The predicted octanol–water partition coefficient (Wildman–Crippen LogP) is 0.228. The van der Waals surface area contributed by atoms with Crippen LogP contribution in [0.3, 0.4) is 0 Å². The van der Waals surface area contributed by atoms with Gasteiger partial charge in [-0.15, -0.1) is 0 Å². The van der Waals surface area contributed by atoms with E-state index in [1.165, 1.54) is 43.0 Å². The summed E-state index contributed by atoms with van der Waals surface area (Å²) in [5.74, 6) is 0. The zero-order chi connectivity index (χ0) is 15.1. The molecule has 1 saturated heterocycles. The van der Waals surface area contributed by atoms with Gasteiger partial charge in [0, 0.05) is 6.54 Å². The first kappa shape index (κ1) is 15.9. The van der Waals surface area contributed by atoms with Crippen molar-refractivity contribution in [3.8, 4) is 0 Å². The first-order valence-corrected chi connectivity index (χ1v) is 7.43. The number of nitrogens with zero attached hydrogens (tertiary/aromatic N) is 4. The van der Waals surface area contributed by atoms with Crippen molar-refractivity contribution in [3.63, 3.8) is 0 Å². The maximum atomic E-state index is 10.5. The van der Waals surface area contributed by atoms with Crippen molar-refractivity contribution in [2.45, 2.75) is 31.9 Å². The highest BCUT2D eigenvalue weighted by Gasteiger charge is 2.12. The van der Waals surface area contributed by atoms with Crippen LogP contribution in [0.15, 0.2) is 12.4 Å². The van der Waals surface area contributed by atoms with Gasteiger partial charge >= 0.3 is 5.69 Å². The zero-order valence-electron chi connectivity index (χ0n) is 12.1. The summed E-state index contributed by atoms with van der Waals surface area (Å²) in [5.41, 5.74) is -0.0548. The van der Waals surface area contributed by atoms with Gasteiger partial charge in [0.05, 0.1) is 17.6 Å². The largest absolute Gasteiger partial charge is 0.390 e. The maximum Gasteiger partial charge on any atom is 0.306 e. The van der Waals surface area contributed by atoms with Gasteiger partial charge in [0.15, 0.2) is 0 Å². The topological polar surface area (TPSA) is 96.5 Å². The van der Waals surface area contributed by atoms with E-state index in [-0.39, 0.29) is 12.2 Å². The molecule has 0 saturated carbocycles. The fraction of sp³-hybridized carbons (Fsp3) is 0.769. The van der Waals surface area contributed by atoms with E-state index >= 15 is 0 Å².